The first-order valence-corrected chi connectivity index (χ1v) is 9.00. The first-order valence-electron chi connectivity index (χ1n) is 8.12. The van der Waals surface area contributed by atoms with Gasteiger partial charge in [0.25, 0.3) is 0 Å². The molecule has 0 aliphatic rings. The largest absolute Gasteiger partial charge is 0.354 e. The van der Waals surface area contributed by atoms with Crippen LogP contribution >= 0.6 is 36.2 Å². The second-order valence-electron chi connectivity index (χ2n) is 5.95. The van der Waals surface area contributed by atoms with Crippen LogP contribution in [0.4, 0.5) is 0 Å². The van der Waals surface area contributed by atoms with E-state index in [-0.39, 0.29) is 49.1 Å². The number of amides is 2. The molecule has 0 bridgehead atoms. The molecular formula is C17H25Cl2N5O2S. The predicted molar refractivity (Wildman–Crippen MR) is 112 cm³/mol. The zero-order valence-electron chi connectivity index (χ0n) is 15.2. The second-order valence-corrected chi connectivity index (χ2v) is 6.89. The third kappa shape index (κ3) is 8.21. The number of rotatable bonds is 8. The maximum Gasteiger partial charge on any atom is 0.239 e. The van der Waals surface area contributed by atoms with Gasteiger partial charge in [0.05, 0.1) is 23.3 Å². The van der Waals surface area contributed by atoms with Gasteiger partial charge in [-0.25, -0.2) is 4.98 Å². The quantitative estimate of drug-likeness (QED) is 0.587. The van der Waals surface area contributed by atoms with Crippen LogP contribution in [0.1, 0.15) is 18.9 Å². The Labute approximate surface area is 175 Å². The van der Waals surface area contributed by atoms with Crippen LogP contribution in [0.15, 0.2) is 29.9 Å². The molecule has 0 spiro atoms. The minimum Gasteiger partial charge on any atom is -0.354 e. The molecule has 2 heterocycles. The molecular weight excluding hydrogens is 409 g/mol. The summed E-state index contributed by atoms with van der Waals surface area (Å²) in [6, 6.07) is 3.21. The van der Waals surface area contributed by atoms with Gasteiger partial charge >= 0.3 is 0 Å². The molecule has 0 radical (unpaired) electrons. The van der Waals surface area contributed by atoms with Crippen molar-refractivity contribution in [1.82, 2.24) is 20.6 Å². The van der Waals surface area contributed by atoms with Crippen molar-refractivity contribution < 1.29 is 9.59 Å². The molecule has 0 aliphatic heterocycles. The minimum absolute atomic E-state index is 0. The summed E-state index contributed by atoms with van der Waals surface area (Å²) in [6.07, 6.45) is 4.10. The fourth-order valence-corrected chi connectivity index (χ4v) is 2.85. The van der Waals surface area contributed by atoms with E-state index in [2.05, 4.69) is 20.6 Å². The Morgan fingerprint density at radius 3 is 2.48 bits per heavy atom. The number of carbonyl (C=O) groups excluding carboxylic acids is 2. The highest BCUT2D eigenvalue weighted by Crippen LogP contribution is 2.21. The molecule has 0 aliphatic carbocycles. The van der Waals surface area contributed by atoms with Crippen molar-refractivity contribution in [3.8, 4) is 11.3 Å². The van der Waals surface area contributed by atoms with Crippen molar-refractivity contribution in [3.63, 3.8) is 0 Å². The first-order chi connectivity index (χ1) is 12.0. The van der Waals surface area contributed by atoms with E-state index in [4.69, 9.17) is 5.73 Å². The summed E-state index contributed by atoms with van der Waals surface area (Å²) < 4.78 is 0. The van der Waals surface area contributed by atoms with Gasteiger partial charge in [-0.1, -0.05) is 13.8 Å². The Balaban J connectivity index is 0.00000338. The van der Waals surface area contributed by atoms with Gasteiger partial charge < -0.3 is 16.4 Å². The van der Waals surface area contributed by atoms with Crippen LogP contribution in [-0.4, -0.2) is 40.9 Å². The zero-order chi connectivity index (χ0) is 18.2. The summed E-state index contributed by atoms with van der Waals surface area (Å²) in [5.41, 5.74) is 7.64. The van der Waals surface area contributed by atoms with E-state index < -0.39 is 6.04 Å². The summed E-state index contributed by atoms with van der Waals surface area (Å²) in [4.78, 5) is 32.0. The third-order valence-electron chi connectivity index (χ3n) is 3.63. The van der Waals surface area contributed by atoms with E-state index in [1.165, 1.54) is 0 Å². The number of nitrogens with two attached hydrogens (primary N) is 1. The topological polar surface area (TPSA) is 110 Å². The molecule has 10 heteroatoms. The number of hydrogen-bond donors (Lipinski definition) is 3. The number of hydrogen-bond acceptors (Lipinski definition) is 6. The summed E-state index contributed by atoms with van der Waals surface area (Å²) in [6.45, 7) is 4.12. The smallest absolute Gasteiger partial charge is 0.239 e. The van der Waals surface area contributed by atoms with Crippen LogP contribution in [0.5, 0.6) is 0 Å². The molecule has 0 saturated heterocycles. The number of carbonyl (C=O) groups is 2. The Bertz CT molecular complexity index is 712. The van der Waals surface area contributed by atoms with Gasteiger partial charge in [0.15, 0.2) is 0 Å². The fraction of sp³-hybridized carbons (Fsp3) is 0.412. The molecule has 7 nitrogen and oxygen atoms in total. The number of thiazole rings is 1. The SMILES string of the molecule is CC(C)[C@H](N)C(=O)NCC(=O)NCCc1nc(-c2ccncc2)cs1.Cl.Cl. The van der Waals surface area contributed by atoms with Crippen molar-refractivity contribution in [2.75, 3.05) is 13.1 Å². The van der Waals surface area contributed by atoms with Gasteiger partial charge in [-0.3, -0.25) is 14.6 Å². The summed E-state index contributed by atoms with van der Waals surface area (Å²) >= 11 is 1.55. The molecule has 2 amide bonds. The van der Waals surface area contributed by atoms with Crippen molar-refractivity contribution in [3.05, 3.63) is 34.9 Å². The molecule has 2 aromatic heterocycles. The standard InChI is InChI=1S/C17H23N5O2S.2ClH/c1-11(2)16(18)17(24)21-9-14(23)20-8-5-15-22-13(10-25-15)12-3-6-19-7-4-12;;/h3-4,6-7,10-11,16H,5,8-9,18H2,1-2H3,(H,20,23)(H,21,24);2*1H/t16-;;/m0../s1. The van der Waals surface area contributed by atoms with Crippen molar-refractivity contribution in [2.45, 2.75) is 26.3 Å². The van der Waals surface area contributed by atoms with E-state index in [0.717, 1.165) is 16.3 Å². The Kier molecular flexibility index (Phi) is 11.8. The average Bonchev–Trinajstić information content (AvgIpc) is 3.08. The Hall–Kier alpha value is -1.74. The monoisotopic (exact) mass is 433 g/mol. The van der Waals surface area contributed by atoms with E-state index in [9.17, 15) is 9.59 Å². The van der Waals surface area contributed by atoms with E-state index in [0.29, 0.717) is 13.0 Å². The van der Waals surface area contributed by atoms with Gasteiger partial charge in [0.1, 0.15) is 0 Å². The summed E-state index contributed by atoms with van der Waals surface area (Å²) in [7, 11) is 0. The van der Waals surface area contributed by atoms with E-state index in [1.54, 1.807) is 23.7 Å². The lowest BCUT2D eigenvalue weighted by Gasteiger charge is -2.15. The molecule has 0 fully saturated rings. The number of pyridine rings is 1. The molecule has 0 saturated carbocycles. The van der Waals surface area contributed by atoms with E-state index in [1.807, 2.05) is 31.4 Å². The van der Waals surface area contributed by atoms with Gasteiger partial charge in [-0.2, -0.15) is 0 Å². The van der Waals surface area contributed by atoms with Crippen LogP contribution in [0.3, 0.4) is 0 Å². The Morgan fingerprint density at radius 1 is 1.19 bits per heavy atom. The molecule has 4 N–H and O–H groups in total. The van der Waals surface area contributed by atoms with Gasteiger partial charge in [0, 0.05) is 36.3 Å². The molecule has 2 rings (SSSR count). The maximum absolute atomic E-state index is 11.8. The lowest BCUT2D eigenvalue weighted by Crippen LogP contribution is -2.47. The molecule has 2 aromatic rings. The second kappa shape index (κ2) is 12.6. The van der Waals surface area contributed by atoms with Crippen LogP contribution in [0.2, 0.25) is 0 Å². The number of aromatic nitrogens is 2. The maximum atomic E-state index is 11.8. The number of halogens is 2. The summed E-state index contributed by atoms with van der Waals surface area (Å²) in [5, 5.41) is 8.24. The Morgan fingerprint density at radius 2 is 1.85 bits per heavy atom. The number of nitrogens with zero attached hydrogens (tertiary/aromatic N) is 2. The minimum atomic E-state index is -0.602. The van der Waals surface area contributed by atoms with Crippen molar-refractivity contribution >= 4 is 48.0 Å². The number of nitrogens with one attached hydrogen (secondary N) is 2. The van der Waals surface area contributed by atoms with Gasteiger partial charge in [-0.05, 0) is 18.1 Å². The fourth-order valence-electron chi connectivity index (χ4n) is 2.04. The summed E-state index contributed by atoms with van der Waals surface area (Å²) in [5.74, 6) is -0.523. The third-order valence-corrected chi connectivity index (χ3v) is 4.54. The highest BCUT2D eigenvalue weighted by molar-refractivity contribution is 7.09. The predicted octanol–water partition coefficient (Wildman–Crippen LogP) is 1.81. The van der Waals surface area contributed by atoms with Gasteiger partial charge in [0.2, 0.25) is 11.8 Å². The van der Waals surface area contributed by atoms with Crippen molar-refractivity contribution in [1.29, 1.82) is 0 Å². The molecule has 27 heavy (non-hydrogen) atoms. The zero-order valence-corrected chi connectivity index (χ0v) is 17.6. The molecule has 0 unspecified atom stereocenters. The van der Waals surface area contributed by atoms with Crippen LogP contribution in [0, 0.1) is 5.92 Å². The van der Waals surface area contributed by atoms with Crippen LogP contribution < -0.4 is 16.4 Å². The highest BCUT2D eigenvalue weighted by atomic mass is 35.5. The molecule has 0 aromatic carbocycles. The lowest BCUT2D eigenvalue weighted by molar-refractivity contribution is -0.127. The van der Waals surface area contributed by atoms with Crippen LogP contribution in [-0.2, 0) is 16.0 Å². The van der Waals surface area contributed by atoms with Crippen LogP contribution in [0.25, 0.3) is 11.3 Å². The molecule has 1 atom stereocenters. The van der Waals surface area contributed by atoms with E-state index >= 15 is 0 Å². The lowest BCUT2D eigenvalue weighted by atomic mass is 10.1. The first kappa shape index (κ1) is 25.3. The van der Waals surface area contributed by atoms with Crippen molar-refractivity contribution in [2.24, 2.45) is 11.7 Å². The molecule has 150 valence electrons. The highest BCUT2D eigenvalue weighted by Gasteiger charge is 2.17. The van der Waals surface area contributed by atoms with Gasteiger partial charge in [-0.15, -0.1) is 36.2 Å². The average molecular weight is 434 g/mol. The normalized spacial score (nSPS) is 11.1.